The van der Waals surface area contributed by atoms with Crippen LogP contribution < -0.4 is 63.7 Å². The van der Waals surface area contributed by atoms with E-state index in [0.717, 1.165) is 34.9 Å². The summed E-state index contributed by atoms with van der Waals surface area (Å²) in [4.78, 5) is 0. The zero-order valence-electron chi connectivity index (χ0n) is 53.1. The van der Waals surface area contributed by atoms with Gasteiger partial charge in [-0.2, -0.15) is 0 Å². The molecule has 2 radical (unpaired) electrons. The third-order valence-electron chi connectivity index (χ3n) is 17.2. The predicted octanol–water partition coefficient (Wildman–Crippen LogP) is 13.2. The minimum absolute atomic E-state index is 0. The van der Waals surface area contributed by atoms with Gasteiger partial charge in [0.1, 0.15) is 0 Å². The summed E-state index contributed by atoms with van der Waals surface area (Å²) in [5, 5.41) is 18.1. The number of rotatable bonds is 24. The van der Waals surface area contributed by atoms with Gasteiger partial charge in [0.05, 0.1) is 159 Å². The summed E-state index contributed by atoms with van der Waals surface area (Å²) in [6.45, 7) is 5.27. The second-order valence-electron chi connectivity index (χ2n) is 24.3. The second kappa shape index (κ2) is 38.7. The summed E-state index contributed by atoms with van der Waals surface area (Å²) >= 11 is 3.00. The first-order valence-corrected chi connectivity index (χ1v) is 61.7. The van der Waals surface area contributed by atoms with Gasteiger partial charge in [-0.3, -0.25) is 0 Å². The van der Waals surface area contributed by atoms with Gasteiger partial charge in [0.25, 0.3) is 0 Å². The van der Waals surface area contributed by atoms with Gasteiger partial charge in [-0.25, -0.2) is 0 Å². The predicted molar refractivity (Wildman–Crippen MR) is 430 cm³/mol. The van der Waals surface area contributed by atoms with Crippen molar-refractivity contribution < 1.29 is 33.6 Å². The molecule has 0 aromatic heterocycles. The van der Waals surface area contributed by atoms with E-state index < -0.39 is 47.5 Å². The molecule has 1 heterocycles. The summed E-state index contributed by atoms with van der Waals surface area (Å²) in [6, 6.07) is 136. The molecular formula is C82H87As3Co2P6+6. The van der Waals surface area contributed by atoms with E-state index in [9.17, 15) is 0 Å². The van der Waals surface area contributed by atoms with Crippen LogP contribution in [-0.4, -0.2) is 71.8 Å². The quantitative estimate of drug-likeness (QED) is 0.0418. The molecule has 0 nitrogen and oxygen atoms in total. The van der Waals surface area contributed by atoms with Crippen molar-refractivity contribution in [3.8, 4) is 0 Å². The molecule has 12 aromatic carbocycles. The van der Waals surface area contributed by atoms with Gasteiger partial charge in [-0.05, 0) is 159 Å². The van der Waals surface area contributed by atoms with Gasteiger partial charge in [-0.15, -0.1) is 0 Å². The van der Waals surface area contributed by atoms with Crippen molar-refractivity contribution >= 4 is 146 Å². The van der Waals surface area contributed by atoms with Gasteiger partial charge < -0.3 is 0 Å². The third-order valence-corrected chi connectivity index (χ3v) is 54.2. The Morgan fingerprint density at radius 3 is 0.333 bits per heavy atom. The first-order chi connectivity index (χ1) is 44.9. The normalized spacial score (nSPS) is 12.6. The van der Waals surface area contributed by atoms with Gasteiger partial charge in [0.2, 0.25) is 0 Å². The van der Waals surface area contributed by atoms with E-state index in [0.29, 0.717) is 0 Å². The first-order valence-electron chi connectivity index (χ1n) is 31.9. The largest absolute Gasteiger partial charge is 0 e. The number of hydrogen-bond acceptors (Lipinski definition) is 0. The molecule has 0 amide bonds. The smallest absolute Gasteiger partial charge is 0 e. The van der Waals surface area contributed by atoms with Crippen molar-refractivity contribution in [2.75, 3.05) is 37.0 Å². The maximum atomic E-state index is 2.64. The van der Waals surface area contributed by atoms with Crippen LogP contribution in [-0.2, 0) is 33.6 Å². The van der Waals surface area contributed by atoms with E-state index in [1.165, 1.54) is 101 Å². The van der Waals surface area contributed by atoms with Crippen molar-refractivity contribution in [2.45, 2.75) is 13.8 Å². The maximum Gasteiger partial charge on any atom is 0 e. The molecule has 0 aliphatic carbocycles. The standard InChI is InChI=1S/2C41H39P3.As3H3.2Co/c2*1-41(32-42(35-20-8-2-9-21-35)36-22-10-3-11-23-36,33-43(37-24-12-4-13-25-37)38-26-14-5-15-27-38)34-44(39-28-16-6-17-29-39)40-30-18-7-19-31-40;1-2-3-1;;/h2*2-31H,32-34H2,1H3;1-3H;;/p+6. The summed E-state index contributed by atoms with van der Waals surface area (Å²) in [7, 11) is -6.24. The zero-order valence-corrected chi connectivity index (χ0v) is 67.4. The Morgan fingerprint density at radius 1 is 0.172 bits per heavy atom. The fraction of sp³-hybridized carbons (Fsp3) is 0.122. The minimum Gasteiger partial charge on any atom is 0 e. The maximum absolute atomic E-state index is 2.64. The Labute approximate surface area is 599 Å². The van der Waals surface area contributed by atoms with Crippen LogP contribution in [0.15, 0.2) is 364 Å². The summed E-state index contributed by atoms with van der Waals surface area (Å²) in [6.07, 6.45) is 7.21. The molecule has 1 saturated heterocycles. The van der Waals surface area contributed by atoms with E-state index in [1.54, 1.807) is 0 Å². The van der Waals surface area contributed by atoms with E-state index in [4.69, 9.17) is 0 Å². The van der Waals surface area contributed by atoms with Crippen molar-refractivity contribution in [3.05, 3.63) is 364 Å². The van der Waals surface area contributed by atoms with Gasteiger partial charge in [0.15, 0.2) is 0 Å². The van der Waals surface area contributed by atoms with E-state index in [-0.39, 0.29) is 44.4 Å². The van der Waals surface area contributed by atoms with Crippen LogP contribution in [0.2, 0.25) is 0 Å². The Balaban J connectivity index is 0.000000205. The van der Waals surface area contributed by atoms with Crippen molar-refractivity contribution in [2.24, 2.45) is 10.8 Å². The molecule has 11 heteroatoms. The molecular weight excluding hydrogens is 1510 g/mol. The van der Waals surface area contributed by atoms with Crippen LogP contribution in [0.3, 0.4) is 0 Å². The van der Waals surface area contributed by atoms with E-state index >= 15 is 0 Å². The van der Waals surface area contributed by atoms with Gasteiger partial charge in [-0.1, -0.05) is 218 Å². The number of hydrogen-bond donors (Lipinski definition) is 0. The molecule has 1 aliphatic rings. The number of benzene rings is 12. The fourth-order valence-electron chi connectivity index (χ4n) is 12.8. The van der Waals surface area contributed by atoms with Crippen LogP contribution >= 0.6 is 47.5 Å². The molecule has 12 aromatic rings. The van der Waals surface area contributed by atoms with Crippen LogP contribution in [0, 0.1) is 10.8 Å². The Kier molecular flexibility index (Phi) is 30.5. The van der Waals surface area contributed by atoms with Crippen LogP contribution in [0.25, 0.3) is 0 Å². The molecule has 0 spiro atoms. The SMILES string of the molecule is CC(C[PH+](c1ccccc1)c1ccccc1)(C[PH+](c1ccccc1)c1ccccc1)C[PH+](c1ccccc1)c1ccccc1.CC(C[PH+](c1ccccc1)c1ccccc1)(C[PH+](c1ccccc1)c1ccccc1)C[PH+](c1ccccc1)c1ccccc1.[AsH]1[AsH][AsH]1.[Co].[Co]. The minimum atomic E-state index is -1.04. The molecule has 13 rings (SSSR count). The summed E-state index contributed by atoms with van der Waals surface area (Å²) < 4.78 is 0. The monoisotopic (exact) mass is 1600 g/mol. The fourth-order valence-corrected chi connectivity index (χ4v) is 32.5. The van der Waals surface area contributed by atoms with Crippen molar-refractivity contribution in [1.29, 1.82) is 0 Å². The summed E-state index contributed by atoms with van der Waals surface area (Å²) in [5.41, 5.74) is 0.250. The van der Waals surface area contributed by atoms with E-state index in [1.807, 2.05) is 0 Å². The van der Waals surface area contributed by atoms with Crippen molar-refractivity contribution in [3.63, 3.8) is 0 Å². The molecule has 472 valence electrons. The molecule has 1 aliphatic heterocycles. The average molecular weight is 1600 g/mol. The Bertz CT molecular complexity index is 3050. The molecule has 0 N–H and O–H groups in total. The first kappa shape index (κ1) is 73.2. The molecule has 0 bridgehead atoms. The second-order valence-corrected chi connectivity index (χ2v) is 91.3. The Morgan fingerprint density at radius 2 is 0.258 bits per heavy atom. The Hall–Kier alpha value is -4.09. The molecule has 0 saturated carbocycles. The average Bonchev–Trinajstić information content (AvgIpc) is 2.21. The van der Waals surface area contributed by atoms with Crippen LogP contribution in [0.5, 0.6) is 0 Å². The summed E-state index contributed by atoms with van der Waals surface area (Å²) in [5.74, 6) is 0. The topological polar surface area (TPSA) is 0 Å². The van der Waals surface area contributed by atoms with Crippen LogP contribution in [0.4, 0.5) is 0 Å². The molecule has 93 heavy (non-hydrogen) atoms. The van der Waals surface area contributed by atoms with Crippen LogP contribution in [0.1, 0.15) is 13.8 Å². The van der Waals surface area contributed by atoms with Crippen molar-refractivity contribution in [1.82, 2.24) is 0 Å². The van der Waals surface area contributed by atoms with E-state index in [2.05, 4.69) is 378 Å². The third kappa shape index (κ3) is 22.2. The molecule has 0 unspecified atom stereocenters. The molecule has 0 atom stereocenters. The zero-order chi connectivity index (χ0) is 62.2. The van der Waals surface area contributed by atoms with Gasteiger partial charge >= 0.3 is 34.9 Å². The van der Waals surface area contributed by atoms with Gasteiger partial charge in [0, 0.05) is 33.6 Å². The molecule has 1 fully saturated rings.